The minimum absolute atomic E-state index is 0.0380. The van der Waals surface area contributed by atoms with Gasteiger partial charge in [0.2, 0.25) is 0 Å². The van der Waals surface area contributed by atoms with Gasteiger partial charge in [0.1, 0.15) is 6.04 Å². The maximum Gasteiger partial charge on any atom is 0.320 e. The molecule has 0 spiro atoms. The lowest BCUT2D eigenvalue weighted by atomic mass is 9.94. The summed E-state index contributed by atoms with van der Waals surface area (Å²) in [6.45, 7) is 5.10. The second kappa shape index (κ2) is 7.49. The number of nitrogens with zero attached hydrogens (tertiary/aromatic N) is 1. The molecule has 1 fully saturated rings. The molecule has 3 rings (SSSR count). The summed E-state index contributed by atoms with van der Waals surface area (Å²) in [5.41, 5.74) is 2.51. The third kappa shape index (κ3) is 3.55. The summed E-state index contributed by atoms with van der Waals surface area (Å²) >= 11 is 1.77. The molecule has 0 radical (unpaired) electrons. The molecule has 1 N–H and O–H groups in total. The van der Waals surface area contributed by atoms with Crippen molar-refractivity contribution in [2.24, 2.45) is 0 Å². The van der Waals surface area contributed by atoms with Gasteiger partial charge in [-0.3, -0.25) is 9.69 Å². The second-order valence-corrected chi connectivity index (χ2v) is 7.85. The minimum Gasteiger partial charge on any atom is -0.480 e. The maximum absolute atomic E-state index is 11.8. The number of benzene rings is 1. The van der Waals surface area contributed by atoms with Crippen LogP contribution in [0.4, 0.5) is 0 Å². The summed E-state index contributed by atoms with van der Waals surface area (Å²) in [5.74, 6) is -0.696. The SMILES string of the molecule is CCc1ccc(C(c2ccc(C)s2)N2CCCCC2C(=O)O)cc1. The lowest BCUT2D eigenvalue weighted by Gasteiger charge is -2.39. The van der Waals surface area contributed by atoms with E-state index in [4.69, 9.17) is 0 Å². The van der Waals surface area contributed by atoms with Gasteiger partial charge >= 0.3 is 5.97 Å². The summed E-state index contributed by atoms with van der Waals surface area (Å²) in [6.07, 6.45) is 3.82. The molecule has 3 nitrogen and oxygen atoms in total. The largest absolute Gasteiger partial charge is 0.480 e. The van der Waals surface area contributed by atoms with Crippen LogP contribution in [0.1, 0.15) is 53.1 Å². The van der Waals surface area contributed by atoms with E-state index in [0.29, 0.717) is 0 Å². The van der Waals surface area contributed by atoms with Crippen LogP contribution >= 0.6 is 11.3 Å². The summed E-state index contributed by atoms with van der Waals surface area (Å²) in [7, 11) is 0. The number of rotatable bonds is 5. The van der Waals surface area contributed by atoms with Gasteiger partial charge in [0.15, 0.2) is 0 Å². The van der Waals surface area contributed by atoms with Crippen LogP contribution < -0.4 is 0 Å². The third-order valence-electron chi connectivity index (χ3n) is 4.90. The molecule has 2 heterocycles. The van der Waals surface area contributed by atoms with Gasteiger partial charge in [-0.25, -0.2) is 0 Å². The standard InChI is InChI=1S/C20H25NO2S/c1-3-15-8-10-16(11-9-15)19(18-12-7-14(2)24-18)21-13-5-4-6-17(21)20(22)23/h7-12,17,19H,3-6,13H2,1-2H3,(H,22,23). The number of carboxylic acids is 1. The van der Waals surface area contributed by atoms with Gasteiger partial charge in [-0.1, -0.05) is 37.6 Å². The fourth-order valence-electron chi connectivity index (χ4n) is 3.58. The predicted molar refractivity (Wildman–Crippen MR) is 98.7 cm³/mol. The van der Waals surface area contributed by atoms with E-state index < -0.39 is 12.0 Å². The zero-order valence-corrected chi connectivity index (χ0v) is 15.2. The van der Waals surface area contributed by atoms with Crippen molar-refractivity contribution in [1.82, 2.24) is 4.90 Å². The van der Waals surface area contributed by atoms with Crippen LogP contribution in [0.3, 0.4) is 0 Å². The number of carboxylic acid groups (broad SMARTS) is 1. The number of piperidine rings is 1. The number of aryl methyl sites for hydroxylation is 2. The van der Waals surface area contributed by atoms with Crippen molar-refractivity contribution >= 4 is 17.3 Å². The highest BCUT2D eigenvalue weighted by atomic mass is 32.1. The fraction of sp³-hybridized carbons (Fsp3) is 0.450. The van der Waals surface area contributed by atoms with Gasteiger partial charge in [0, 0.05) is 9.75 Å². The quantitative estimate of drug-likeness (QED) is 0.859. The zero-order valence-electron chi connectivity index (χ0n) is 14.4. The number of carbonyl (C=O) groups is 1. The van der Waals surface area contributed by atoms with Gasteiger partial charge in [-0.05, 0) is 56.0 Å². The van der Waals surface area contributed by atoms with Gasteiger partial charge < -0.3 is 5.11 Å². The Morgan fingerprint density at radius 1 is 1.25 bits per heavy atom. The summed E-state index contributed by atoms with van der Waals surface area (Å²) in [4.78, 5) is 16.5. The number of hydrogen-bond donors (Lipinski definition) is 1. The third-order valence-corrected chi connectivity index (χ3v) is 5.95. The molecule has 0 bridgehead atoms. The van der Waals surface area contributed by atoms with Crippen molar-refractivity contribution in [3.63, 3.8) is 0 Å². The highest BCUT2D eigenvalue weighted by molar-refractivity contribution is 7.12. The van der Waals surface area contributed by atoms with Crippen molar-refractivity contribution in [3.05, 3.63) is 57.3 Å². The number of aliphatic carboxylic acids is 1. The highest BCUT2D eigenvalue weighted by Gasteiger charge is 2.35. The molecule has 2 atom stereocenters. The number of likely N-dealkylation sites (tertiary alicyclic amines) is 1. The first kappa shape index (κ1) is 17.2. The lowest BCUT2D eigenvalue weighted by Crippen LogP contribution is -2.46. The topological polar surface area (TPSA) is 40.5 Å². The Morgan fingerprint density at radius 2 is 2.00 bits per heavy atom. The van der Waals surface area contributed by atoms with Crippen molar-refractivity contribution in [2.75, 3.05) is 6.54 Å². The normalized spacial score (nSPS) is 20.0. The van der Waals surface area contributed by atoms with Gasteiger partial charge in [0.05, 0.1) is 6.04 Å². The van der Waals surface area contributed by atoms with Crippen LogP contribution in [0.15, 0.2) is 36.4 Å². The Kier molecular flexibility index (Phi) is 5.36. The first-order valence-electron chi connectivity index (χ1n) is 8.74. The summed E-state index contributed by atoms with van der Waals surface area (Å²) in [5, 5.41) is 9.70. The van der Waals surface area contributed by atoms with Gasteiger partial charge in [0.25, 0.3) is 0 Å². The van der Waals surface area contributed by atoms with Crippen LogP contribution in [-0.4, -0.2) is 28.6 Å². The molecular weight excluding hydrogens is 318 g/mol. The van der Waals surface area contributed by atoms with Crippen LogP contribution in [-0.2, 0) is 11.2 Å². The van der Waals surface area contributed by atoms with Crippen molar-refractivity contribution < 1.29 is 9.90 Å². The van der Waals surface area contributed by atoms with E-state index in [0.717, 1.165) is 32.2 Å². The molecule has 0 amide bonds. The molecule has 4 heteroatoms. The molecule has 2 unspecified atom stereocenters. The number of thiophene rings is 1. The van der Waals surface area contributed by atoms with E-state index in [2.05, 4.69) is 55.1 Å². The van der Waals surface area contributed by atoms with Crippen LogP contribution in [0.25, 0.3) is 0 Å². The van der Waals surface area contributed by atoms with Crippen molar-refractivity contribution in [3.8, 4) is 0 Å². The van der Waals surface area contributed by atoms with E-state index >= 15 is 0 Å². The van der Waals surface area contributed by atoms with Crippen molar-refractivity contribution in [1.29, 1.82) is 0 Å². The lowest BCUT2D eigenvalue weighted by molar-refractivity contribution is -0.145. The molecule has 2 aromatic rings. The smallest absolute Gasteiger partial charge is 0.320 e. The molecule has 1 aromatic heterocycles. The average molecular weight is 343 g/mol. The first-order chi connectivity index (χ1) is 11.6. The monoisotopic (exact) mass is 343 g/mol. The van der Waals surface area contributed by atoms with E-state index in [-0.39, 0.29) is 6.04 Å². The van der Waals surface area contributed by atoms with E-state index in [1.165, 1.54) is 20.9 Å². The van der Waals surface area contributed by atoms with E-state index in [1.54, 1.807) is 11.3 Å². The van der Waals surface area contributed by atoms with Crippen LogP contribution in [0.5, 0.6) is 0 Å². The number of hydrogen-bond acceptors (Lipinski definition) is 3. The molecule has 1 aliphatic heterocycles. The highest BCUT2D eigenvalue weighted by Crippen LogP contribution is 2.37. The van der Waals surface area contributed by atoms with E-state index in [9.17, 15) is 9.90 Å². The van der Waals surface area contributed by atoms with Gasteiger partial charge in [-0.2, -0.15) is 0 Å². The molecule has 1 aliphatic rings. The van der Waals surface area contributed by atoms with Crippen molar-refractivity contribution in [2.45, 2.75) is 51.6 Å². The van der Waals surface area contributed by atoms with Gasteiger partial charge in [-0.15, -0.1) is 11.3 Å². The Labute approximate surface area is 147 Å². The summed E-state index contributed by atoms with van der Waals surface area (Å²) in [6, 6.07) is 12.6. The molecule has 0 aliphatic carbocycles. The fourth-order valence-corrected chi connectivity index (χ4v) is 4.61. The molecule has 1 aromatic carbocycles. The molecule has 128 valence electrons. The van der Waals surface area contributed by atoms with Crippen LogP contribution in [0, 0.1) is 6.92 Å². The Morgan fingerprint density at radius 3 is 2.58 bits per heavy atom. The molecular formula is C20H25NO2S. The van der Waals surface area contributed by atoms with Crippen LogP contribution in [0.2, 0.25) is 0 Å². The Hall–Kier alpha value is -1.65. The maximum atomic E-state index is 11.8. The summed E-state index contributed by atoms with van der Waals surface area (Å²) < 4.78 is 0. The first-order valence-corrected chi connectivity index (χ1v) is 9.55. The minimum atomic E-state index is -0.696. The zero-order chi connectivity index (χ0) is 17.1. The average Bonchev–Trinajstić information content (AvgIpc) is 3.02. The Balaban J connectivity index is 2.02. The second-order valence-electron chi connectivity index (χ2n) is 6.53. The molecule has 0 saturated carbocycles. The predicted octanol–water partition coefficient (Wildman–Crippen LogP) is 4.65. The Bertz CT molecular complexity index is 692. The molecule has 24 heavy (non-hydrogen) atoms. The van der Waals surface area contributed by atoms with E-state index in [1.807, 2.05) is 0 Å². The molecule has 1 saturated heterocycles.